The van der Waals surface area contributed by atoms with Gasteiger partial charge in [0.1, 0.15) is 0 Å². The molecule has 22 heavy (non-hydrogen) atoms. The number of amides is 1. The van der Waals surface area contributed by atoms with Crippen LogP contribution in [0, 0.1) is 0 Å². The van der Waals surface area contributed by atoms with Crippen molar-refractivity contribution in [3.8, 4) is 0 Å². The first-order valence-corrected chi connectivity index (χ1v) is 8.41. The van der Waals surface area contributed by atoms with Gasteiger partial charge in [-0.15, -0.1) is 0 Å². The molecule has 0 bridgehead atoms. The van der Waals surface area contributed by atoms with Crippen molar-refractivity contribution in [3.63, 3.8) is 0 Å². The molecule has 1 aliphatic carbocycles. The molecule has 2 rings (SSSR count). The van der Waals surface area contributed by atoms with Crippen LogP contribution in [-0.2, 0) is 4.79 Å². The Bertz CT molecular complexity index is 452. The lowest BCUT2D eigenvalue weighted by molar-refractivity contribution is -0.129. The topological polar surface area (TPSA) is 69.6 Å². The van der Waals surface area contributed by atoms with Gasteiger partial charge in [-0.3, -0.25) is 10.0 Å². The number of hydrogen-bond donors (Lipinski definition) is 3. The third kappa shape index (κ3) is 5.11. The summed E-state index contributed by atoms with van der Waals surface area (Å²) in [5.74, 6) is 0.322. The number of nitrogens with one attached hydrogen (secondary N) is 1. The number of carbonyl (C=O) groups excluding carboxylic acids is 1. The van der Waals surface area contributed by atoms with Crippen LogP contribution >= 0.6 is 0 Å². The number of aliphatic hydroxyl groups is 1. The number of carbonyl (C=O) groups is 1. The highest BCUT2D eigenvalue weighted by Gasteiger charge is 2.16. The summed E-state index contributed by atoms with van der Waals surface area (Å²) < 4.78 is 0. The predicted octanol–water partition coefficient (Wildman–Crippen LogP) is 3.83. The summed E-state index contributed by atoms with van der Waals surface area (Å²) in [6.45, 7) is 0. The summed E-state index contributed by atoms with van der Waals surface area (Å²) in [4.78, 5) is 10.9. The summed E-state index contributed by atoms with van der Waals surface area (Å²) in [6.07, 6.45) is 8.49. The maximum absolute atomic E-state index is 10.9. The molecule has 122 valence electrons. The summed E-state index contributed by atoms with van der Waals surface area (Å²) in [6, 6.07) is 8.39. The Morgan fingerprint density at radius 2 is 1.82 bits per heavy atom. The van der Waals surface area contributed by atoms with Crippen molar-refractivity contribution in [1.82, 2.24) is 5.48 Å². The van der Waals surface area contributed by atoms with Gasteiger partial charge in [0.25, 0.3) is 0 Å². The average molecular weight is 305 g/mol. The number of rotatable bonds is 7. The molecule has 1 aliphatic rings. The maximum atomic E-state index is 10.9. The van der Waals surface area contributed by atoms with Crippen molar-refractivity contribution in [1.29, 1.82) is 0 Å². The Balaban J connectivity index is 1.77. The van der Waals surface area contributed by atoms with Crippen LogP contribution in [0.3, 0.4) is 0 Å². The van der Waals surface area contributed by atoms with Gasteiger partial charge in [-0.05, 0) is 42.7 Å². The highest BCUT2D eigenvalue weighted by molar-refractivity contribution is 5.74. The summed E-state index contributed by atoms with van der Waals surface area (Å²) in [7, 11) is 0. The normalized spacial score (nSPS) is 17.2. The lowest BCUT2D eigenvalue weighted by atomic mass is 9.83. The summed E-state index contributed by atoms with van der Waals surface area (Å²) >= 11 is 0. The van der Waals surface area contributed by atoms with E-state index in [0.29, 0.717) is 25.2 Å². The van der Waals surface area contributed by atoms with Crippen LogP contribution in [0.1, 0.15) is 80.9 Å². The number of hydrogen-bond acceptors (Lipinski definition) is 3. The Morgan fingerprint density at radius 3 is 2.45 bits per heavy atom. The molecule has 1 aromatic carbocycles. The van der Waals surface area contributed by atoms with Gasteiger partial charge in [0, 0.05) is 6.42 Å². The minimum Gasteiger partial charge on any atom is -0.388 e. The van der Waals surface area contributed by atoms with Crippen molar-refractivity contribution in [3.05, 3.63) is 35.4 Å². The van der Waals surface area contributed by atoms with E-state index in [2.05, 4.69) is 12.1 Å². The lowest BCUT2D eigenvalue weighted by Gasteiger charge is -2.22. The van der Waals surface area contributed by atoms with Gasteiger partial charge in [-0.1, -0.05) is 49.9 Å². The van der Waals surface area contributed by atoms with Crippen LogP contribution < -0.4 is 5.48 Å². The Morgan fingerprint density at radius 1 is 1.14 bits per heavy atom. The molecular weight excluding hydrogens is 278 g/mol. The number of hydroxylamine groups is 1. The smallest absolute Gasteiger partial charge is 0.243 e. The second-order valence-electron chi connectivity index (χ2n) is 6.30. The third-order valence-corrected chi connectivity index (χ3v) is 4.65. The Hall–Kier alpha value is -1.39. The van der Waals surface area contributed by atoms with E-state index in [1.54, 1.807) is 5.48 Å². The molecule has 3 N–H and O–H groups in total. The van der Waals surface area contributed by atoms with Crippen LogP contribution in [0.5, 0.6) is 0 Å². The zero-order chi connectivity index (χ0) is 15.8. The molecule has 4 nitrogen and oxygen atoms in total. The minimum atomic E-state index is -0.474. The van der Waals surface area contributed by atoms with Gasteiger partial charge in [-0.2, -0.15) is 0 Å². The molecule has 0 spiro atoms. The quantitative estimate of drug-likeness (QED) is 0.407. The van der Waals surface area contributed by atoms with Gasteiger partial charge in [0.15, 0.2) is 0 Å². The van der Waals surface area contributed by atoms with Gasteiger partial charge < -0.3 is 5.11 Å². The molecule has 1 aromatic rings. The molecule has 0 radical (unpaired) electrons. The molecule has 0 aromatic heterocycles. The van der Waals surface area contributed by atoms with Crippen molar-refractivity contribution in [2.24, 2.45) is 0 Å². The van der Waals surface area contributed by atoms with Crippen LogP contribution in [0.25, 0.3) is 0 Å². The minimum absolute atomic E-state index is 0.295. The monoisotopic (exact) mass is 305 g/mol. The highest BCUT2D eigenvalue weighted by atomic mass is 16.5. The van der Waals surface area contributed by atoms with Gasteiger partial charge in [0.2, 0.25) is 5.91 Å². The molecule has 1 saturated carbocycles. The molecule has 1 fully saturated rings. The fourth-order valence-electron chi connectivity index (χ4n) is 3.27. The van der Waals surface area contributed by atoms with Crippen LogP contribution in [0.4, 0.5) is 0 Å². The summed E-state index contributed by atoms with van der Waals surface area (Å²) in [5, 5.41) is 18.6. The van der Waals surface area contributed by atoms with Crippen molar-refractivity contribution < 1.29 is 15.1 Å². The van der Waals surface area contributed by atoms with E-state index in [-0.39, 0.29) is 5.91 Å². The Kier molecular flexibility index (Phi) is 6.87. The van der Waals surface area contributed by atoms with Crippen LogP contribution in [0.15, 0.2) is 24.3 Å². The molecule has 0 heterocycles. The van der Waals surface area contributed by atoms with Crippen LogP contribution in [-0.4, -0.2) is 16.2 Å². The molecular formula is C18H27NO3. The van der Waals surface area contributed by atoms with E-state index >= 15 is 0 Å². The standard InChI is InChI=1S/C18H27NO3/c20-17(8-4-5-9-18(21)19-22)16-12-10-15(11-13-16)14-6-2-1-3-7-14/h10-14,17,20,22H,1-9H2,(H,19,21). The zero-order valence-electron chi connectivity index (χ0n) is 13.1. The van der Waals surface area contributed by atoms with Crippen LogP contribution in [0.2, 0.25) is 0 Å². The van der Waals surface area contributed by atoms with Crippen molar-refractivity contribution in [2.45, 2.75) is 69.8 Å². The first-order chi connectivity index (χ1) is 10.7. The molecule has 1 amide bonds. The van der Waals surface area contributed by atoms with Gasteiger partial charge in [-0.25, -0.2) is 5.48 Å². The average Bonchev–Trinajstić information content (AvgIpc) is 2.59. The van der Waals surface area contributed by atoms with E-state index in [9.17, 15) is 9.90 Å². The second kappa shape index (κ2) is 8.91. The molecule has 4 heteroatoms. The number of unbranched alkanes of at least 4 members (excludes halogenated alkanes) is 1. The molecule has 1 atom stereocenters. The maximum Gasteiger partial charge on any atom is 0.243 e. The van der Waals surface area contributed by atoms with E-state index in [4.69, 9.17) is 5.21 Å². The molecule has 0 saturated heterocycles. The van der Waals surface area contributed by atoms with E-state index in [1.807, 2.05) is 12.1 Å². The number of aliphatic hydroxyl groups excluding tert-OH is 1. The van der Waals surface area contributed by atoms with E-state index in [1.165, 1.54) is 37.7 Å². The molecule has 1 unspecified atom stereocenters. The predicted molar refractivity (Wildman–Crippen MR) is 85.6 cm³/mol. The SMILES string of the molecule is O=C(CCCCC(O)c1ccc(C2CCCCC2)cc1)NO. The molecule has 0 aliphatic heterocycles. The largest absolute Gasteiger partial charge is 0.388 e. The van der Waals surface area contributed by atoms with Crippen molar-refractivity contribution in [2.75, 3.05) is 0 Å². The Labute approximate surface area is 132 Å². The fraction of sp³-hybridized carbons (Fsp3) is 0.611. The first kappa shape index (κ1) is 17.0. The second-order valence-corrected chi connectivity index (χ2v) is 6.30. The van der Waals surface area contributed by atoms with Crippen molar-refractivity contribution >= 4 is 5.91 Å². The van der Waals surface area contributed by atoms with Gasteiger partial charge >= 0.3 is 0 Å². The van der Waals surface area contributed by atoms with E-state index < -0.39 is 6.10 Å². The zero-order valence-corrected chi connectivity index (χ0v) is 13.1. The first-order valence-electron chi connectivity index (χ1n) is 8.41. The fourth-order valence-corrected chi connectivity index (χ4v) is 3.27. The summed E-state index contributed by atoms with van der Waals surface area (Å²) in [5.41, 5.74) is 3.97. The highest BCUT2D eigenvalue weighted by Crippen LogP contribution is 2.33. The number of benzene rings is 1. The lowest BCUT2D eigenvalue weighted by Crippen LogP contribution is -2.17. The van der Waals surface area contributed by atoms with E-state index in [0.717, 1.165) is 12.0 Å². The third-order valence-electron chi connectivity index (χ3n) is 4.65. The van der Waals surface area contributed by atoms with Gasteiger partial charge in [0.05, 0.1) is 6.10 Å².